The molecule has 0 unspecified atom stereocenters. The van der Waals surface area contributed by atoms with Gasteiger partial charge in [-0.3, -0.25) is 4.55 Å². The molecule has 0 bridgehead atoms. The van der Waals surface area contributed by atoms with Gasteiger partial charge in [-0.15, -0.1) is 0 Å². The van der Waals surface area contributed by atoms with Gasteiger partial charge in [0.1, 0.15) is 24.1 Å². The smallest absolute Gasteiger partial charge is 0.329 e. The molecule has 2 aliphatic rings. The monoisotopic (exact) mass is 672 g/mol. The first-order chi connectivity index (χ1) is 21.7. The van der Waals surface area contributed by atoms with E-state index in [1.54, 1.807) is 45.2 Å². The molecule has 2 saturated heterocycles. The quantitative estimate of drug-likeness (QED) is 0.234. The van der Waals surface area contributed by atoms with Crippen LogP contribution in [0.1, 0.15) is 40.2 Å². The van der Waals surface area contributed by atoms with E-state index in [2.05, 4.69) is 45.0 Å². The SMILES string of the molecule is COc1ccc(CO[C@@H]2[C@H]3OC(C)(C)O[C@H]3[C@@H](CO[Si](c3ccccc3)(c3ccccc3)C(C)(C)C)O[C@]2(OC)S(=O)(=O)O)cc1. The third-order valence-corrected chi connectivity index (χ3v) is 14.8. The molecule has 1 N–H and O–H groups in total. The van der Waals surface area contributed by atoms with Crippen molar-refractivity contribution in [3.8, 4) is 5.75 Å². The zero-order valence-corrected chi connectivity index (χ0v) is 29.2. The average Bonchev–Trinajstić information content (AvgIpc) is 3.35. The average molecular weight is 673 g/mol. The Hall–Kier alpha value is -2.65. The number of rotatable bonds is 11. The second kappa shape index (κ2) is 13.1. The molecule has 12 heteroatoms. The summed E-state index contributed by atoms with van der Waals surface area (Å²) in [5.41, 5.74) is 0.730. The van der Waals surface area contributed by atoms with Crippen molar-refractivity contribution in [2.24, 2.45) is 0 Å². The van der Waals surface area contributed by atoms with Gasteiger partial charge >= 0.3 is 15.2 Å². The minimum Gasteiger partial charge on any atom is -0.497 e. The first-order valence-corrected chi connectivity index (χ1v) is 18.6. The molecule has 0 radical (unpaired) electrons. The lowest BCUT2D eigenvalue weighted by Crippen LogP contribution is -2.71. The molecule has 0 saturated carbocycles. The van der Waals surface area contributed by atoms with Crippen LogP contribution in [-0.4, -0.2) is 77.4 Å². The molecule has 2 heterocycles. The third kappa shape index (κ3) is 6.43. The molecule has 3 aromatic rings. The number of methoxy groups -OCH3 is 2. The van der Waals surface area contributed by atoms with Crippen LogP contribution >= 0.6 is 0 Å². The summed E-state index contributed by atoms with van der Waals surface area (Å²) in [6.07, 6.45) is -4.28. The van der Waals surface area contributed by atoms with Crippen molar-refractivity contribution in [2.75, 3.05) is 20.8 Å². The molecule has 0 amide bonds. The summed E-state index contributed by atoms with van der Waals surface area (Å²) >= 11 is 0. The van der Waals surface area contributed by atoms with Crippen LogP contribution in [0.2, 0.25) is 5.04 Å². The number of hydrogen-bond acceptors (Lipinski definition) is 9. The van der Waals surface area contributed by atoms with Crippen molar-refractivity contribution in [3.05, 3.63) is 90.5 Å². The summed E-state index contributed by atoms with van der Waals surface area (Å²) in [7, 11) is -5.42. The first-order valence-electron chi connectivity index (χ1n) is 15.2. The largest absolute Gasteiger partial charge is 0.497 e. The molecule has 0 aliphatic carbocycles. The number of hydrogen-bond donors (Lipinski definition) is 1. The highest BCUT2D eigenvalue weighted by Crippen LogP contribution is 2.46. The summed E-state index contributed by atoms with van der Waals surface area (Å²) in [5, 5.41) is -0.914. The Kier molecular flexibility index (Phi) is 9.87. The van der Waals surface area contributed by atoms with Crippen molar-refractivity contribution < 1.29 is 45.8 Å². The Labute approximate surface area is 272 Å². The normalized spacial score (nSPS) is 26.4. The van der Waals surface area contributed by atoms with E-state index < -0.39 is 53.8 Å². The third-order valence-electron chi connectivity index (χ3n) is 8.61. The van der Waals surface area contributed by atoms with E-state index in [4.69, 9.17) is 32.8 Å². The molecule has 3 aromatic carbocycles. The maximum absolute atomic E-state index is 13.2. The minimum absolute atomic E-state index is 0.0328. The van der Waals surface area contributed by atoms with Gasteiger partial charge in [0, 0.05) is 7.11 Å². The Bertz CT molecular complexity index is 1520. The van der Waals surface area contributed by atoms with Crippen molar-refractivity contribution in [3.63, 3.8) is 0 Å². The number of fused-ring (bicyclic) bond motifs is 1. The first kappa shape index (κ1) is 34.7. The molecule has 46 heavy (non-hydrogen) atoms. The Morgan fingerprint density at radius 1 is 0.826 bits per heavy atom. The van der Waals surface area contributed by atoms with Crippen LogP contribution in [-0.2, 0) is 44.8 Å². The highest BCUT2D eigenvalue weighted by Gasteiger charge is 2.68. The zero-order valence-electron chi connectivity index (χ0n) is 27.3. The lowest BCUT2D eigenvalue weighted by molar-refractivity contribution is -0.312. The highest BCUT2D eigenvalue weighted by molar-refractivity contribution is 7.87. The van der Waals surface area contributed by atoms with Crippen molar-refractivity contribution in [2.45, 2.75) is 81.6 Å². The van der Waals surface area contributed by atoms with E-state index in [0.29, 0.717) is 5.75 Å². The van der Waals surface area contributed by atoms with Crippen LogP contribution in [0.5, 0.6) is 5.75 Å². The number of ether oxygens (including phenoxy) is 6. The zero-order chi connectivity index (χ0) is 33.4. The molecular formula is C34H44O10SSi. The predicted molar refractivity (Wildman–Crippen MR) is 175 cm³/mol. The molecule has 0 aromatic heterocycles. The topological polar surface area (TPSA) is 119 Å². The Morgan fingerprint density at radius 2 is 1.37 bits per heavy atom. The fraction of sp³-hybridized carbons (Fsp3) is 0.471. The molecule has 10 nitrogen and oxygen atoms in total. The molecule has 2 fully saturated rings. The van der Waals surface area contributed by atoms with Gasteiger partial charge in [0.25, 0.3) is 8.32 Å². The Morgan fingerprint density at radius 3 is 1.85 bits per heavy atom. The molecular weight excluding hydrogens is 629 g/mol. The van der Waals surface area contributed by atoms with Crippen molar-refractivity contribution in [1.29, 1.82) is 0 Å². The van der Waals surface area contributed by atoms with Crippen LogP contribution < -0.4 is 15.1 Å². The van der Waals surface area contributed by atoms with Crippen LogP contribution in [0.4, 0.5) is 0 Å². The van der Waals surface area contributed by atoms with E-state index in [1.165, 1.54) is 0 Å². The minimum atomic E-state index is -5.07. The van der Waals surface area contributed by atoms with Gasteiger partial charge in [-0.05, 0) is 47.0 Å². The fourth-order valence-corrected chi connectivity index (χ4v) is 12.1. The van der Waals surface area contributed by atoms with Crippen LogP contribution in [0.3, 0.4) is 0 Å². The predicted octanol–water partition coefficient (Wildman–Crippen LogP) is 4.26. The summed E-state index contributed by atoms with van der Waals surface area (Å²) in [6.45, 7) is 9.77. The molecule has 2 aliphatic heterocycles. The van der Waals surface area contributed by atoms with Crippen molar-refractivity contribution in [1.82, 2.24) is 0 Å². The lowest BCUT2D eigenvalue weighted by atomic mass is 9.98. The summed E-state index contributed by atoms with van der Waals surface area (Å²) in [6, 6.07) is 27.2. The van der Waals surface area contributed by atoms with Gasteiger partial charge in [0.15, 0.2) is 11.9 Å². The van der Waals surface area contributed by atoms with Crippen LogP contribution in [0, 0.1) is 0 Å². The summed E-state index contributed by atoms with van der Waals surface area (Å²) in [4.78, 5) is 0. The standard InChI is InChI=1S/C34H44O10SSi/c1-32(2,3)46(26-14-10-8-11-15-26,27-16-12-9-13-17-27)41-23-28-29-30(44-33(4,5)43-29)31(34(39-7,42-28)45(35,36)37)40-22-24-18-20-25(38-6)21-19-24/h8-21,28-31H,22-23H2,1-7H3,(H,35,36,37)/t28-,29+,30+,31-,34+/m1/s1. The lowest BCUT2D eigenvalue weighted by Gasteiger charge is -2.48. The van der Waals surface area contributed by atoms with Crippen LogP contribution in [0.25, 0.3) is 0 Å². The van der Waals surface area contributed by atoms with Gasteiger partial charge in [-0.2, -0.15) is 8.42 Å². The fourth-order valence-electron chi connectivity index (χ4n) is 6.56. The molecule has 0 spiro atoms. The van der Waals surface area contributed by atoms with E-state index in [9.17, 15) is 13.0 Å². The van der Waals surface area contributed by atoms with Gasteiger partial charge in [0.2, 0.25) is 0 Å². The second-order valence-electron chi connectivity index (χ2n) is 13.1. The second-order valence-corrected chi connectivity index (χ2v) is 18.9. The molecule has 5 atom stereocenters. The molecule has 5 rings (SSSR count). The summed E-state index contributed by atoms with van der Waals surface area (Å²) < 4.78 is 80.2. The summed E-state index contributed by atoms with van der Waals surface area (Å²) in [5.74, 6) is -0.467. The van der Waals surface area contributed by atoms with E-state index in [1.807, 2.05) is 36.4 Å². The van der Waals surface area contributed by atoms with E-state index in [-0.39, 0.29) is 18.3 Å². The van der Waals surface area contributed by atoms with E-state index >= 15 is 0 Å². The van der Waals surface area contributed by atoms with Gasteiger partial charge in [-0.1, -0.05) is 93.6 Å². The maximum Gasteiger partial charge on any atom is 0.329 e. The maximum atomic E-state index is 13.2. The van der Waals surface area contributed by atoms with Gasteiger partial charge in [0.05, 0.1) is 20.3 Å². The Balaban J connectivity index is 1.54. The highest BCUT2D eigenvalue weighted by atomic mass is 32.2. The van der Waals surface area contributed by atoms with Crippen molar-refractivity contribution >= 4 is 28.8 Å². The van der Waals surface area contributed by atoms with Gasteiger partial charge in [-0.25, -0.2) is 0 Å². The van der Waals surface area contributed by atoms with E-state index in [0.717, 1.165) is 23.0 Å². The molecule has 250 valence electrons. The number of benzene rings is 3. The van der Waals surface area contributed by atoms with Crippen LogP contribution in [0.15, 0.2) is 84.9 Å². The van der Waals surface area contributed by atoms with Gasteiger partial charge < -0.3 is 32.8 Å².